The second-order valence-corrected chi connectivity index (χ2v) is 21.1. The Labute approximate surface area is 446 Å². The van der Waals surface area contributed by atoms with Gasteiger partial charge in [0.1, 0.15) is 24.4 Å². The summed E-state index contributed by atoms with van der Waals surface area (Å²) in [5.41, 5.74) is 0. The van der Waals surface area contributed by atoms with Crippen LogP contribution in [0, 0.1) is 0 Å². The first-order valence-corrected chi connectivity index (χ1v) is 30.4. The Morgan fingerprint density at radius 1 is 0.534 bits per heavy atom. The molecular weight excluding hydrogens is 919 g/mol. The molecule has 1 aliphatic rings. The fourth-order valence-corrected chi connectivity index (χ4v) is 9.36. The van der Waals surface area contributed by atoms with Crippen molar-refractivity contribution in [3.63, 3.8) is 0 Å². The first kappa shape index (κ1) is 68.6. The highest BCUT2D eigenvalue weighted by Crippen LogP contribution is 2.26. The minimum atomic E-state index is -1.61. The van der Waals surface area contributed by atoms with Crippen LogP contribution in [0.5, 0.6) is 0 Å². The molecule has 0 aliphatic carbocycles. The monoisotopic (exact) mass is 1030 g/mol. The standard InChI is InChI=1S/C62H113NO10/c1-4-7-10-13-16-19-22-24-25-26-27-28-29-30-31-32-35-38-41-44-47-50-57(67)73-60-59(69)58(68)56(51-64)72-62(60)71-52-53(54(65)48-45-42-39-36-33-21-18-15-12-9-6-3)63-61(70)55(66)49-46-43-40-37-34-23-20-17-14-11-8-5-2/h16,19,24-25,27-28,45,48,53-56,58-60,62,64-66,68-69H,4-15,17-18,20-23,26,29-44,46-47,49-52H2,1-3H3,(H,63,70)/b19-16-,25-24-,28-27-,48-45+. The molecule has 11 heteroatoms. The molecule has 11 nitrogen and oxygen atoms in total. The number of rotatable bonds is 51. The van der Waals surface area contributed by atoms with Crippen LogP contribution in [0.15, 0.2) is 48.6 Å². The minimum Gasteiger partial charge on any atom is -0.454 e. The second kappa shape index (κ2) is 50.4. The van der Waals surface area contributed by atoms with Gasteiger partial charge in [0.25, 0.3) is 0 Å². The number of ether oxygens (including phenoxy) is 3. The van der Waals surface area contributed by atoms with Gasteiger partial charge in [-0.3, -0.25) is 9.59 Å². The fraction of sp³-hybridized carbons (Fsp3) is 0.839. The van der Waals surface area contributed by atoms with Gasteiger partial charge < -0.3 is 45.1 Å². The molecule has 0 spiro atoms. The quantitative estimate of drug-likeness (QED) is 0.0195. The highest BCUT2D eigenvalue weighted by molar-refractivity contribution is 5.80. The molecule has 1 amide bonds. The summed E-state index contributed by atoms with van der Waals surface area (Å²) in [5, 5.41) is 56.8. The molecule has 0 aromatic rings. The average Bonchev–Trinajstić information content (AvgIpc) is 3.39. The van der Waals surface area contributed by atoms with Crippen molar-refractivity contribution in [2.75, 3.05) is 13.2 Å². The van der Waals surface area contributed by atoms with Crippen LogP contribution < -0.4 is 5.32 Å². The molecule has 1 aliphatic heterocycles. The first-order chi connectivity index (χ1) is 35.7. The molecule has 6 N–H and O–H groups in total. The number of nitrogens with one attached hydrogen (secondary N) is 1. The summed E-state index contributed by atoms with van der Waals surface area (Å²) < 4.78 is 17.6. The number of esters is 1. The fourth-order valence-electron chi connectivity index (χ4n) is 9.36. The van der Waals surface area contributed by atoms with Gasteiger partial charge in [-0.2, -0.15) is 0 Å². The van der Waals surface area contributed by atoms with Crippen molar-refractivity contribution in [3.05, 3.63) is 48.6 Å². The zero-order chi connectivity index (χ0) is 53.3. The van der Waals surface area contributed by atoms with Gasteiger partial charge in [0.2, 0.25) is 5.91 Å². The molecule has 0 aromatic heterocycles. The molecule has 1 rings (SSSR count). The lowest BCUT2D eigenvalue weighted by Gasteiger charge is -2.41. The van der Waals surface area contributed by atoms with Crippen LogP contribution in [-0.4, -0.2) is 99.6 Å². The van der Waals surface area contributed by atoms with Crippen molar-refractivity contribution < 1.29 is 49.3 Å². The van der Waals surface area contributed by atoms with E-state index in [1.54, 1.807) is 6.08 Å². The summed E-state index contributed by atoms with van der Waals surface area (Å²) in [6.45, 7) is 5.75. The molecule has 0 saturated carbocycles. The molecule has 0 bridgehead atoms. The summed E-state index contributed by atoms with van der Waals surface area (Å²) in [7, 11) is 0. The Morgan fingerprint density at radius 3 is 1.44 bits per heavy atom. The number of allylic oxidation sites excluding steroid dienone is 7. The maximum atomic E-state index is 13.4. The molecule has 8 unspecified atom stereocenters. The van der Waals surface area contributed by atoms with E-state index in [-0.39, 0.29) is 13.0 Å². The van der Waals surface area contributed by atoms with Crippen molar-refractivity contribution >= 4 is 11.9 Å². The number of aliphatic hydroxyl groups is 5. The largest absolute Gasteiger partial charge is 0.454 e. The van der Waals surface area contributed by atoms with E-state index in [0.29, 0.717) is 19.3 Å². The van der Waals surface area contributed by atoms with Crippen molar-refractivity contribution in [1.82, 2.24) is 5.32 Å². The zero-order valence-electron chi connectivity index (χ0n) is 47.0. The molecule has 1 saturated heterocycles. The van der Waals surface area contributed by atoms with Gasteiger partial charge in [-0.1, -0.05) is 249 Å². The predicted molar refractivity (Wildman–Crippen MR) is 301 cm³/mol. The Kier molecular flexibility index (Phi) is 47.4. The van der Waals surface area contributed by atoms with Crippen molar-refractivity contribution in [2.45, 2.75) is 320 Å². The SMILES string of the molecule is CCCCC/C=C\C/C=C\C/C=C\CCCCCCCCCCC(=O)OC1C(OCC(NC(=O)C(O)CCCCCCCCCCCCCC)C(O)/C=C/CCCCCCCCCCC)OC(CO)C(O)C1O. The lowest BCUT2D eigenvalue weighted by Crippen LogP contribution is -2.61. The molecular formula is C62H113NO10. The zero-order valence-corrected chi connectivity index (χ0v) is 47.0. The van der Waals surface area contributed by atoms with Crippen LogP contribution in [0.25, 0.3) is 0 Å². The molecule has 8 atom stereocenters. The number of carbonyl (C=O) groups excluding carboxylic acids is 2. The third kappa shape index (κ3) is 38.8. The summed E-state index contributed by atoms with van der Waals surface area (Å²) in [6.07, 6.45) is 50.1. The third-order valence-electron chi connectivity index (χ3n) is 14.2. The smallest absolute Gasteiger partial charge is 0.306 e. The average molecular weight is 1030 g/mol. The molecule has 73 heavy (non-hydrogen) atoms. The van der Waals surface area contributed by atoms with E-state index < -0.39 is 67.4 Å². The van der Waals surface area contributed by atoms with E-state index in [4.69, 9.17) is 14.2 Å². The topological polar surface area (TPSA) is 175 Å². The highest BCUT2D eigenvalue weighted by atomic mass is 16.7. The van der Waals surface area contributed by atoms with E-state index in [1.807, 2.05) is 6.08 Å². The molecule has 1 heterocycles. The number of amides is 1. The maximum absolute atomic E-state index is 13.4. The van der Waals surface area contributed by atoms with Gasteiger partial charge >= 0.3 is 5.97 Å². The van der Waals surface area contributed by atoms with Crippen LogP contribution >= 0.6 is 0 Å². The van der Waals surface area contributed by atoms with E-state index in [2.05, 4.69) is 62.5 Å². The normalized spacial score (nSPS) is 19.7. The first-order valence-electron chi connectivity index (χ1n) is 30.4. The van der Waals surface area contributed by atoms with E-state index >= 15 is 0 Å². The van der Waals surface area contributed by atoms with E-state index in [9.17, 15) is 35.1 Å². The number of unbranched alkanes of at least 4 members (excludes halogenated alkanes) is 31. The van der Waals surface area contributed by atoms with E-state index in [0.717, 1.165) is 83.5 Å². The Hall–Kier alpha value is -2.38. The molecule has 426 valence electrons. The van der Waals surface area contributed by atoms with Crippen LogP contribution in [0.2, 0.25) is 0 Å². The van der Waals surface area contributed by atoms with E-state index in [1.165, 1.54) is 141 Å². The lowest BCUT2D eigenvalue weighted by molar-refractivity contribution is -0.305. The van der Waals surface area contributed by atoms with Crippen molar-refractivity contribution in [3.8, 4) is 0 Å². The van der Waals surface area contributed by atoms with Crippen LogP contribution in [0.4, 0.5) is 0 Å². The van der Waals surface area contributed by atoms with Crippen LogP contribution in [0.1, 0.15) is 271 Å². The third-order valence-corrected chi connectivity index (χ3v) is 14.2. The van der Waals surface area contributed by atoms with Gasteiger partial charge in [0.05, 0.1) is 25.4 Å². The van der Waals surface area contributed by atoms with Crippen molar-refractivity contribution in [1.29, 1.82) is 0 Å². The Morgan fingerprint density at radius 2 is 0.945 bits per heavy atom. The summed E-state index contributed by atoms with van der Waals surface area (Å²) in [4.78, 5) is 26.5. The predicted octanol–water partition coefficient (Wildman–Crippen LogP) is 14.1. The number of aliphatic hydroxyl groups excluding tert-OH is 5. The lowest BCUT2D eigenvalue weighted by atomic mass is 9.99. The van der Waals surface area contributed by atoms with Gasteiger partial charge in [-0.05, 0) is 64.2 Å². The Balaban J connectivity index is 2.65. The summed E-state index contributed by atoms with van der Waals surface area (Å²) in [6, 6.07) is -1.02. The minimum absolute atomic E-state index is 0.116. The van der Waals surface area contributed by atoms with Crippen molar-refractivity contribution in [2.24, 2.45) is 0 Å². The maximum Gasteiger partial charge on any atom is 0.306 e. The molecule has 0 aromatic carbocycles. The molecule has 1 fully saturated rings. The second-order valence-electron chi connectivity index (χ2n) is 21.1. The number of carbonyl (C=O) groups is 2. The van der Waals surface area contributed by atoms with Crippen LogP contribution in [-0.2, 0) is 23.8 Å². The van der Waals surface area contributed by atoms with Gasteiger partial charge in [0, 0.05) is 6.42 Å². The summed E-state index contributed by atoms with van der Waals surface area (Å²) in [5.74, 6) is -1.20. The van der Waals surface area contributed by atoms with Gasteiger partial charge in [0.15, 0.2) is 12.4 Å². The van der Waals surface area contributed by atoms with Gasteiger partial charge in [-0.25, -0.2) is 0 Å². The summed E-state index contributed by atoms with van der Waals surface area (Å²) >= 11 is 0. The van der Waals surface area contributed by atoms with Crippen LogP contribution in [0.3, 0.4) is 0 Å². The Bertz CT molecular complexity index is 1370. The van der Waals surface area contributed by atoms with Gasteiger partial charge in [-0.15, -0.1) is 0 Å². The number of hydrogen-bond acceptors (Lipinski definition) is 10. The number of hydrogen-bond donors (Lipinski definition) is 6. The molecule has 0 radical (unpaired) electrons. The highest BCUT2D eigenvalue weighted by Gasteiger charge is 2.47.